The number of pyridine rings is 2. The van der Waals surface area contributed by atoms with E-state index in [-0.39, 0.29) is 0 Å². The summed E-state index contributed by atoms with van der Waals surface area (Å²) in [5.74, 6) is 0. The number of nitrogens with zero attached hydrogens (tertiary/aromatic N) is 2. The van der Waals surface area contributed by atoms with Crippen molar-refractivity contribution in [3.63, 3.8) is 0 Å². The molecule has 0 bridgehead atoms. The van der Waals surface area contributed by atoms with Gasteiger partial charge < -0.3 is 0 Å². The quantitative estimate of drug-likeness (QED) is 0.188. The van der Waals surface area contributed by atoms with E-state index in [9.17, 15) is 0 Å². The van der Waals surface area contributed by atoms with E-state index in [4.69, 9.17) is 4.98 Å². The van der Waals surface area contributed by atoms with Crippen LogP contribution in [0.25, 0.3) is 54.4 Å². The van der Waals surface area contributed by atoms with E-state index in [1.807, 2.05) is 42.5 Å². The van der Waals surface area contributed by atoms with Gasteiger partial charge in [0.1, 0.15) is 0 Å². The molecule has 150 valence electrons. The monoisotopic (exact) mass is 408 g/mol. The second-order valence-electron chi connectivity index (χ2n) is 7.91. The van der Waals surface area contributed by atoms with E-state index in [0.717, 1.165) is 22.1 Å². The van der Waals surface area contributed by atoms with Crippen molar-refractivity contribution in [3.05, 3.63) is 121 Å². The highest BCUT2D eigenvalue weighted by atomic mass is 14.7. The molecule has 7 rings (SSSR count). The molecule has 2 heterocycles. The fraction of sp³-hybridized carbons (Fsp3) is 0. The maximum atomic E-state index is 4.73. The number of rotatable bonds is 0. The average Bonchev–Trinajstić information content (AvgIpc) is 2.86. The second-order valence-corrected chi connectivity index (χ2v) is 7.91. The maximum absolute atomic E-state index is 4.73. The zero-order valence-corrected chi connectivity index (χ0v) is 17.4. The first-order chi connectivity index (χ1) is 15.8. The van der Waals surface area contributed by atoms with Gasteiger partial charge in [0, 0.05) is 21.5 Å². The lowest BCUT2D eigenvalue weighted by molar-refractivity contribution is 1.50. The van der Waals surface area contributed by atoms with Crippen LogP contribution >= 0.6 is 0 Å². The van der Waals surface area contributed by atoms with E-state index in [1.165, 1.54) is 32.3 Å². The summed E-state index contributed by atoms with van der Waals surface area (Å²) in [6.07, 6.45) is 0. The molecule has 0 radical (unpaired) electrons. The van der Waals surface area contributed by atoms with Gasteiger partial charge in [0.15, 0.2) is 0 Å². The normalized spacial score (nSPS) is 11.1. The van der Waals surface area contributed by atoms with Crippen molar-refractivity contribution < 1.29 is 0 Å². The average molecular weight is 409 g/mol. The summed E-state index contributed by atoms with van der Waals surface area (Å²) in [6, 6.07) is 41.8. The summed E-state index contributed by atoms with van der Waals surface area (Å²) in [5, 5.41) is 7.36. The van der Waals surface area contributed by atoms with Crippen LogP contribution in [0.1, 0.15) is 0 Å². The molecule has 32 heavy (non-hydrogen) atoms. The van der Waals surface area contributed by atoms with Gasteiger partial charge in [0.2, 0.25) is 0 Å². The van der Waals surface area contributed by atoms with Crippen LogP contribution in [0.15, 0.2) is 121 Å². The van der Waals surface area contributed by atoms with Crippen molar-refractivity contribution in [3.8, 4) is 0 Å². The number of aromatic nitrogens is 2. The third-order valence-corrected chi connectivity index (χ3v) is 5.85. The molecule has 0 N–H and O–H groups in total. The molecule has 0 unspecified atom stereocenters. The number of hydrogen-bond acceptors (Lipinski definition) is 2. The molecule has 0 aliphatic heterocycles. The minimum absolute atomic E-state index is 1.06. The minimum Gasteiger partial charge on any atom is -0.248 e. The fourth-order valence-corrected chi connectivity index (χ4v) is 4.25. The van der Waals surface area contributed by atoms with Gasteiger partial charge in [-0.05, 0) is 47.2 Å². The van der Waals surface area contributed by atoms with Crippen LogP contribution in [0.5, 0.6) is 0 Å². The predicted octanol–water partition coefficient (Wildman–Crippen LogP) is 7.93. The summed E-state index contributed by atoms with van der Waals surface area (Å²) >= 11 is 0. The first-order valence-electron chi connectivity index (χ1n) is 10.8. The summed E-state index contributed by atoms with van der Waals surface area (Å²) in [7, 11) is 0. The summed E-state index contributed by atoms with van der Waals surface area (Å²) in [4.78, 5) is 9.31. The van der Waals surface area contributed by atoms with Crippen molar-refractivity contribution in [2.75, 3.05) is 0 Å². The van der Waals surface area contributed by atoms with Gasteiger partial charge in [-0.1, -0.05) is 84.9 Å². The number of para-hydroxylation sites is 3. The molecule has 0 saturated carbocycles. The molecule has 2 nitrogen and oxygen atoms in total. The Morgan fingerprint density at radius 2 is 0.781 bits per heavy atom. The molecule has 2 heteroatoms. The Labute approximate surface area is 185 Å². The molecule has 2 aromatic heterocycles. The van der Waals surface area contributed by atoms with E-state index in [2.05, 4.69) is 83.8 Å². The fourth-order valence-electron chi connectivity index (χ4n) is 4.25. The number of hydrogen-bond donors (Lipinski definition) is 0. The van der Waals surface area contributed by atoms with Crippen LogP contribution in [-0.4, -0.2) is 9.97 Å². The van der Waals surface area contributed by atoms with E-state index >= 15 is 0 Å². The molecule has 0 aliphatic rings. The topological polar surface area (TPSA) is 25.8 Å². The van der Waals surface area contributed by atoms with Crippen LogP contribution in [0, 0.1) is 0 Å². The minimum atomic E-state index is 1.06. The lowest BCUT2D eigenvalue weighted by Gasteiger charge is -2.05. The van der Waals surface area contributed by atoms with E-state index in [1.54, 1.807) is 0 Å². The van der Waals surface area contributed by atoms with Gasteiger partial charge in [0.25, 0.3) is 0 Å². The summed E-state index contributed by atoms with van der Waals surface area (Å²) < 4.78 is 0. The maximum Gasteiger partial charge on any atom is 0.0716 e. The molecule has 0 fully saturated rings. The Hall–Kier alpha value is -4.30. The molecule has 5 aromatic carbocycles. The molecular weight excluding hydrogens is 388 g/mol. The van der Waals surface area contributed by atoms with Gasteiger partial charge >= 0.3 is 0 Å². The highest BCUT2D eigenvalue weighted by Gasteiger charge is 2.03. The van der Waals surface area contributed by atoms with Crippen LogP contribution in [-0.2, 0) is 0 Å². The number of benzene rings is 5. The van der Waals surface area contributed by atoms with Gasteiger partial charge in [-0.25, -0.2) is 9.97 Å². The Morgan fingerprint density at radius 3 is 1.41 bits per heavy atom. The van der Waals surface area contributed by atoms with Crippen LogP contribution in [0.3, 0.4) is 0 Å². The number of fused-ring (bicyclic) bond motifs is 6. The van der Waals surface area contributed by atoms with Crippen molar-refractivity contribution >= 4 is 54.4 Å². The van der Waals surface area contributed by atoms with E-state index in [0.29, 0.717) is 0 Å². The van der Waals surface area contributed by atoms with Crippen molar-refractivity contribution in [2.24, 2.45) is 0 Å². The Morgan fingerprint density at radius 1 is 0.312 bits per heavy atom. The summed E-state index contributed by atoms with van der Waals surface area (Å²) in [5.41, 5.74) is 4.24. The van der Waals surface area contributed by atoms with Crippen LogP contribution in [0.2, 0.25) is 0 Å². The lowest BCUT2D eigenvalue weighted by atomic mass is 10.0. The Balaban J connectivity index is 0.000000126. The zero-order chi connectivity index (χ0) is 21.3. The van der Waals surface area contributed by atoms with Crippen molar-refractivity contribution in [1.29, 1.82) is 0 Å². The zero-order valence-electron chi connectivity index (χ0n) is 17.4. The highest BCUT2D eigenvalue weighted by molar-refractivity contribution is 6.09. The first kappa shape index (κ1) is 18.5. The molecule has 0 saturated heterocycles. The molecule has 0 amide bonds. The van der Waals surface area contributed by atoms with Gasteiger partial charge in [-0.2, -0.15) is 0 Å². The standard InChI is InChI=1S/C17H11N.C13H9N/c1-3-7-14-12(5-1)9-10-17-15(14)11-13-6-2-4-8-16(13)18-17;1-3-7-12-10(5-1)9-11-6-2-4-8-13(11)14-12/h1-11H;1-9H. The Bertz CT molecular complexity index is 1620. The van der Waals surface area contributed by atoms with Crippen molar-refractivity contribution in [2.45, 2.75) is 0 Å². The summed E-state index contributed by atoms with van der Waals surface area (Å²) in [6.45, 7) is 0. The smallest absolute Gasteiger partial charge is 0.0716 e. The molecule has 0 atom stereocenters. The lowest BCUT2D eigenvalue weighted by Crippen LogP contribution is -1.83. The van der Waals surface area contributed by atoms with E-state index < -0.39 is 0 Å². The first-order valence-corrected chi connectivity index (χ1v) is 10.8. The highest BCUT2D eigenvalue weighted by Crippen LogP contribution is 2.27. The molecule has 7 aromatic rings. The molecule has 0 aliphatic carbocycles. The molecular formula is C30H20N2. The SMILES string of the molecule is c1ccc2nc3ccc4ccccc4c3cc2c1.c1ccc2nc3ccccc3cc2c1. The predicted molar refractivity (Wildman–Crippen MR) is 136 cm³/mol. The molecule has 0 spiro atoms. The van der Waals surface area contributed by atoms with Crippen molar-refractivity contribution in [1.82, 2.24) is 9.97 Å². The largest absolute Gasteiger partial charge is 0.248 e. The Kier molecular flexibility index (Phi) is 4.47. The van der Waals surface area contributed by atoms with Crippen LogP contribution in [0.4, 0.5) is 0 Å². The third kappa shape index (κ3) is 3.32. The van der Waals surface area contributed by atoms with Gasteiger partial charge in [-0.3, -0.25) is 0 Å². The van der Waals surface area contributed by atoms with Gasteiger partial charge in [0.05, 0.1) is 22.1 Å². The van der Waals surface area contributed by atoms with Crippen LogP contribution < -0.4 is 0 Å². The second kappa shape index (κ2) is 7.75. The van der Waals surface area contributed by atoms with Gasteiger partial charge in [-0.15, -0.1) is 0 Å². The third-order valence-electron chi connectivity index (χ3n) is 5.85.